The van der Waals surface area contributed by atoms with Crippen LogP contribution in [0, 0.1) is 23.7 Å². The van der Waals surface area contributed by atoms with Gasteiger partial charge in [0.15, 0.2) is 18.4 Å². The van der Waals surface area contributed by atoms with Gasteiger partial charge in [-0.05, 0) is 67.4 Å². The number of esters is 2. The third-order valence-corrected chi connectivity index (χ3v) is 13.1. The molecule has 3 heterocycles. The summed E-state index contributed by atoms with van der Waals surface area (Å²) >= 11 is 19.0. The van der Waals surface area contributed by atoms with Crippen molar-refractivity contribution in [2.24, 2.45) is 23.7 Å². The van der Waals surface area contributed by atoms with E-state index in [0.717, 1.165) is 50.4 Å². The highest BCUT2D eigenvalue weighted by Gasteiger charge is 2.62. The number of rotatable bonds is 7. The first kappa shape index (κ1) is 38.7. The lowest BCUT2D eigenvalue weighted by Crippen LogP contribution is -2.66. The molecule has 3 N–H and O–H groups in total. The molecule has 0 amide bonds. The number of nitrogens with zero attached hydrogens (tertiary/aromatic N) is 3. The Morgan fingerprint density at radius 1 is 1.06 bits per heavy atom. The molecule has 2 aromatic carbocycles. The fourth-order valence-electron chi connectivity index (χ4n) is 9.61. The average Bonchev–Trinajstić information content (AvgIpc) is 3.45. The van der Waals surface area contributed by atoms with E-state index in [1.54, 1.807) is 31.3 Å². The van der Waals surface area contributed by atoms with E-state index in [4.69, 9.17) is 49.1 Å². The number of nitrogens with one attached hydrogen (secondary N) is 1. The number of halogens is 3. The van der Waals surface area contributed by atoms with Gasteiger partial charge in [-0.3, -0.25) is 29.7 Å². The Morgan fingerprint density at radius 2 is 1.75 bits per heavy atom. The van der Waals surface area contributed by atoms with E-state index >= 15 is 0 Å². The summed E-state index contributed by atoms with van der Waals surface area (Å²) < 4.78 is 12.1. The molecule has 2 aromatic rings. The van der Waals surface area contributed by atoms with E-state index in [0.29, 0.717) is 32.7 Å². The average molecular weight is 792 g/mol. The van der Waals surface area contributed by atoms with Crippen LogP contribution in [0.4, 0.5) is 11.4 Å². The van der Waals surface area contributed by atoms with Gasteiger partial charge in [0.2, 0.25) is 0 Å². The predicted octanol–water partition coefficient (Wildman–Crippen LogP) is 5.56. The van der Waals surface area contributed by atoms with Crippen LogP contribution in [0.3, 0.4) is 0 Å². The molecule has 10 atom stereocenters. The minimum absolute atomic E-state index is 0.0495. The molecule has 1 unspecified atom stereocenters. The normalized spacial score (nSPS) is 34.8. The molecule has 11 nitrogen and oxygen atoms in total. The highest BCUT2D eigenvalue weighted by molar-refractivity contribution is 6.35. The van der Waals surface area contributed by atoms with Crippen molar-refractivity contribution in [3.05, 3.63) is 68.7 Å². The highest BCUT2D eigenvalue weighted by atomic mass is 35.5. The summed E-state index contributed by atoms with van der Waals surface area (Å²) in [4.78, 5) is 37.4. The van der Waals surface area contributed by atoms with Gasteiger partial charge < -0.3 is 24.6 Å². The topological polar surface area (TPSA) is 124 Å². The van der Waals surface area contributed by atoms with Crippen LogP contribution in [-0.4, -0.2) is 96.9 Å². The molecule has 0 aromatic heterocycles. The first-order chi connectivity index (χ1) is 25.1. The Bertz CT molecular complexity index is 1750. The number of benzene rings is 2. The largest absolute Gasteiger partial charge is 0.454 e. The van der Waals surface area contributed by atoms with Crippen LogP contribution in [-0.2, 0) is 29.5 Å². The van der Waals surface area contributed by atoms with Gasteiger partial charge in [-0.2, -0.15) is 0 Å². The van der Waals surface area contributed by atoms with Gasteiger partial charge in [-0.25, -0.2) is 0 Å². The first-order valence-electron chi connectivity index (χ1n) is 18.5. The minimum Gasteiger partial charge on any atom is -0.454 e. The van der Waals surface area contributed by atoms with Crippen LogP contribution in [0.5, 0.6) is 0 Å². The third-order valence-electron chi connectivity index (χ3n) is 12.4. The number of hydroxylamine groups is 1. The van der Waals surface area contributed by atoms with E-state index in [9.17, 15) is 19.8 Å². The van der Waals surface area contributed by atoms with Gasteiger partial charge in [-0.1, -0.05) is 66.9 Å². The number of aliphatic hydroxyl groups is 2. The van der Waals surface area contributed by atoms with Gasteiger partial charge in [0.25, 0.3) is 0 Å². The summed E-state index contributed by atoms with van der Waals surface area (Å²) in [6, 6.07) is 9.87. The maximum Gasteiger partial charge on any atom is 0.323 e. The lowest BCUT2D eigenvalue weighted by Gasteiger charge is -2.56. The number of carbonyl (C=O) groups is 2. The minimum atomic E-state index is -1.57. The number of para-hydroxylation sites is 1. The molecule has 0 spiro atoms. The number of ether oxygens (including phenoxy) is 2. The summed E-state index contributed by atoms with van der Waals surface area (Å²) in [5.41, 5.74) is -0.287. The van der Waals surface area contributed by atoms with Crippen molar-refractivity contribution in [3.8, 4) is 0 Å². The van der Waals surface area contributed by atoms with Crippen LogP contribution in [0.1, 0.15) is 52.5 Å². The zero-order valence-electron chi connectivity index (χ0n) is 30.7. The molecule has 3 fully saturated rings. The molecule has 2 aliphatic carbocycles. The van der Waals surface area contributed by atoms with Crippen LogP contribution >= 0.6 is 34.8 Å². The molecular formula is C39H49Cl3N4O7. The fourth-order valence-corrected chi connectivity index (χ4v) is 10.4. The van der Waals surface area contributed by atoms with Crippen LogP contribution in [0.2, 0.25) is 15.1 Å². The summed E-state index contributed by atoms with van der Waals surface area (Å²) in [7, 11) is 1.69. The van der Waals surface area contributed by atoms with Gasteiger partial charge >= 0.3 is 11.9 Å². The molecule has 5 aliphatic rings. The Kier molecular flexibility index (Phi) is 10.8. The molecule has 14 heteroatoms. The van der Waals surface area contributed by atoms with Gasteiger partial charge in [0.05, 0.1) is 10.7 Å². The van der Waals surface area contributed by atoms with Crippen molar-refractivity contribution in [2.75, 3.05) is 49.7 Å². The van der Waals surface area contributed by atoms with E-state index in [2.05, 4.69) is 22.0 Å². The second-order valence-electron chi connectivity index (χ2n) is 15.7. The molecule has 2 saturated heterocycles. The van der Waals surface area contributed by atoms with E-state index < -0.39 is 47.6 Å². The summed E-state index contributed by atoms with van der Waals surface area (Å²) in [5.74, 6) is -1.55. The van der Waals surface area contributed by atoms with Crippen molar-refractivity contribution in [3.63, 3.8) is 0 Å². The van der Waals surface area contributed by atoms with E-state index in [-0.39, 0.29) is 30.1 Å². The van der Waals surface area contributed by atoms with E-state index in [1.165, 1.54) is 12.0 Å². The van der Waals surface area contributed by atoms with Crippen molar-refractivity contribution in [2.45, 2.75) is 82.6 Å². The zero-order valence-corrected chi connectivity index (χ0v) is 33.0. The molecule has 0 radical (unpaired) electrons. The molecule has 3 aliphatic heterocycles. The first-order valence-corrected chi connectivity index (χ1v) is 19.6. The number of anilines is 2. The number of hydrogen-bond acceptors (Lipinski definition) is 11. The third kappa shape index (κ3) is 7.05. The molecule has 7 rings (SSSR count). The second-order valence-corrected chi connectivity index (χ2v) is 17.0. The Morgan fingerprint density at radius 3 is 2.43 bits per heavy atom. The molecular weight excluding hydrogens is 743 g/mol. The number of carbonyl (C=O) groups excluding carboxylic acids is 2. The molecule has 0 bridgehead atoms. The molecule has 53 heavy (non-hydrogen) atoms. The Balaban J connectivity index is 1.10. The molecule has 1 saturated carbocycles. The van der Waals surface area contributed by atoms with Crippen molar-refractivity contribution < 1.29 is 34.1 Å². The second kappa shape index (κ2) is 14.8. The predicted molar refractivity (Wildman–Crippen MR) is 204 cm³/mol. The van der Waals surface area contributed by atoms with Crippen LogP contribution in [0.25, 0.3) is 0 Å². The smallest absolute Gasteiger partial charge is 0.323 e. The Hall–Kier alpha value is -2.61. The Labute approximate surface area is 326 Å². The monoisotopic (exact) mass is 790 g/mol. The van der Waals surface area contributed by atoms with Gasteiger partial charge in [-0.15, -0.1) is 0 Å². The van der Waals surface area contributed by atoms with Gasteiger partial charge in [0, 0.05) is 80.3 Å². The summed E-state index contributed by atoms with van der Waals surface area (Å²) in [5, 5.41) is 31.1. The maximum absolute atomic E-state index is 14.2. The SMILES string of the molecule is CC(=O)O[C@@H]1C(C)=C[C@@H]2[C@H](C(C)CN3CCN(c4cc(Cl)cc(Cl)c4)CC3)CC[C@@H](C)[C@]2(O)[C@H]1OC(=O)[C@@H]1C[C@@]2(O)c3cccc(Cl)c3N(C)O[C@H]2N1. The zero-order chi connectivity index (χ0) is 38.0. The summed E-state index contributed by atoms with van der Waals surface area (Å²) in [6.45, 7) is 11.6. The fraction of sp³-hybridized carbons (Fsp3) is 0.590. The van der Waals surface area contributed by atoms with Gasteiger partial charge in [0.1, 0.15) is 17.2 Å². The molecule has 288 valence electrons. The lowest BCUT2D eigenvalue weighted by molar-refractivity contribution is -0.225. The standard InChI is InChI=1S/C39H49Cl3N4O7/c1-21-15-30-28(22(2)20-45-11-13-46(14-12-45)27-17-25(40)16-26(41)18-27)10-9-23(3)39(30,50)35(34(21)51-24(4)47)52-36(48)32-19-38(49)29-7-6-8-31(42)33(29)44(5)53-37(38)43-32/h6-8,15-18,22-23,28,30,32,34-35,37,43,49-50H,9-14,19-20H2,1-5H3/t22?,23-,28+,30-,32+,34-,35+,37-,38-,39-/m1/s1. The van der Waals surface area contributed by atoms with Crippen molar-refractivity contribution in [1.29, 1.82) is 0 Å². The van der Waals surface area contributed by atoms with Crippen molar-refractivity contribution in [1.82, 2.24) is 10.2 Å². The van der Waals surface area contributed by atoms with Crippen LogP contribution < -0.4 is 15.3 Å². The van der Waals surface area contributed by atoms with Crippen LogP contribution in [0.15, 0.2) is 48.0 Å². The van der Waals surface area contributed by atoms with Crippen molar-refractivity contribution >= 4 is 58.1 Å². The number of piperazine rings is 1. The number of fused-ring (bicyclic) bond motifs is 4. The quantitative estimate of drug-likeness (QED) is 0.242. The summed E-state index contributed by atoms with van der Waals surface area (Å²) in [6.07, 6.45) is 0.502. The maximum atomic E-state index is 14.2. The lowest BCUT2D eigenvalue weighted by atomic mass is 9.55. The highest BCUT2D eigenvalue weighted by Crippen LogP contribution is 2.53. The number of hydrogen-bond donors (Lipinski definition) is 3. The van der Waals surface area contributed by atoms with E-state index in [1.807, 2.05) is 32.1 Å².